The highest BCUT2D eigenvalue weighted by molar-refractivity contribution is 6.30. The van der Waals surface area contributed by atoms with Crippen LogP contribution in [-0.2, 0) is 9.59 Å². The smallest absolute Gasteiger partial charge is 0.226 e. The molecule has 0 saturated carbocycles. The number of benzene rings is 2. The zero-order valence-electron chi connectivity index (χ0n) is 14.0. The summed E-state index contributed by atoms with van der Waals surface area (Å²) < 4.78 is 0. The normalized spacial score (nSPS) is 11.5. The fourth-order valence-corrected chi connectivity index (χ4v) is 2.60. The van der Waals surface area contributed by atoms with E-state index in [9.17, 15) is 14.4 Å². The molecule has 2 aromatic rings. The largest absolute Gasteiger partial charge is 0.349 e. The van der Waals surface area contributed by atoms with Crippen molar-refractivity contribution in [3.8, 4) is 0 Å². The first-order chi connectivity index (χ1) is 11.9. The molecule has 0 spiro atoms. The number of hydrogen-bond donors (Lipinski definition) is 2. The van der Waals surface area contributed by atoms with Crippen LogP contribution in [0.25, 0.3) is 0 Å². The Hall–Kier alpha value is -2.66. The Morgan fingerprint density at radius 3 is 2.24 bits per heavy atom. The Morgan fingerprint density at radius 2 is 1.64 bits per heavy atom. The first-order valence-corrected chi connectivity index (χ1v) is 8.17. The lowest BCUT2D eigenvalue weighted by molar-refractivity contribution is -0.120. The van der Waals surface area contributed by atoms with Crippen molar-refractivity contribution in [3.05, 3.63) is 64.7 Å². The number of hydrogen-bond acceptors (Lipinski definition) is 3. The van der Waals surface area contributed by atoms with Gasteiger partial charge in [0.2, 0.25) is 11.8 Å². The van der Waals surface area contributed by atoms with Crippen LogP contribution in [0.2, 0.25) is 5.02 Å². The van der Waals surface area contributed by atoms with Gasteiger partial charge in [0.15, 0.2) is 5.78 Å². The molecule has 0 heterocycles. The van der Waals surface area contributed by atoms with E-state index in [1.807, 2.05) is 0 Å². The fraction of sp³-hybridized carbons (Fsp3) is 0.211. The first kappa shape index (κ1) is 18.7. The van der Waals surface area contributed by atoms with Crippen LogP contribution >= 0.6 is 11.6 Å². The van der Waals surface area contributed by atoms with Crippen LogP contribution in [0.1, 0.15) is 42.2 Å². The molecule has 0 aliphatic rings. The number of amides is 2. The summed E-state index contributed by atoms with van der Waals surface area (Å²) >= 11 is 5.88. The molecule has 0 aliphatic heterocycles. The molecule has 2 amide bonds. The quantitative estimate of drug-likeness (QED) is 0.772. The minimum atomic E-state index is -0.487. The molecule has 2 aromatic carbocycles. The third-order valence-electron chi connectivity index (χ3n) is 3.62. The summed E-state index contributed by atoms with van der Waals surface area (Å²) in [7, 11) is 0. The molecule has 0 fully saturated rings. The van der Waals surface area contributed by atoms with Gasteiger partial charge in [0, 0.05) is 17.5 Å². The maximum atomic E-state index is 12.4. The van der Waals surface area contributed by atoms with Gasteiger partial charge in [-0.15, -0.1) is 0 Å². The highest BCUT2D eigenvalue weighted by Gasteiger charge is 2.18. The molecule has 0 aliphatic carbocycles. The van der Waals surface area contributed by atoms with Crippen molar-refractivity contribution in [2.24, 2.45) is 0 Å². The Morgan fingerprint density at radius 1 is 1.00 bits per heavy atom. The molecule has 1 atom stereocenters. The van der Waals surface area contributed by atoms with Crippen LogP contribution in [0.3, 0.4) is 0 Å². The number of para-hydroxylation sites is 1. The van der Waals surface area contributed by atoms with Crippen molar-refractivity contribution in [2.45, 2.75) is 26.3 Å². The van der Waals surface area contributed by atoms with Gasteiger partial charge in [-0.1, -0.05) is 35.9 Å². The predicted octanol–water partition coefficient (Wildman–Crippen LogP) is 3.75. The third-order valence-corrected chi connectivity index (χ3v) is 3.87. The van der Waals surface area contributed by atoms with Gasteiger partial charge in [-0.3, -0.25) is 14.4 Å². The number of carbonyl (C=O) groups is 3. The van der Waals surface area contributed by atoms with Gasteiger partial charge in [-0.05, 0) is 36.8 Å². The Balaban J connectivity index is 2.16. The van der Waals surface area contributed by atoms with Crippen molar-refractivity contribution < 1.29 is 14.4 Å². The number of nitrogens with one attached hydrogen (secondary N) is 2. The summed E-state index contributed by atoms with van der Waals surface area (Å²) in [4.78, 5) is 35.5. The van der Waals surface area contributed by atoms with Crippen molar-refractivity contribution in [1.82, 2.24) is 5.32 Å². The van der Waals surface area contributed by atoms with Gasteiger partial charge < -0.3 is 10.6 Å². The van der Waals surface area contributed by atoms with E-state index in [1.54, 1.807) is 48.5 Å². The molecule has 0 aromatic heterocycles. The molecule has 0 bridgehead atoms. The highest BCUT2D eigenvalue weighted by atomic mass is 35.5. The fourth-order valence-electron chi connectivity index (χ4n) is 2.48. The molecule has 5 nitrogen and oxygen atoms in total. The molecular formula is C19H19ClN2O3. The maximum absolute atomic E-state index is 12.4. The van der Waals surface area contributed by atoms with E-state index in [4.69, 9.17) is 11.6 Å². The molecule has 2 N–H and O–H groups in total. The monoisotopic (exact) mass is 358 g/mol. The summed E-state index contributed by atoms with van der Waals surface area (Å²) in [6, 6.07) is 13.3. The van der Waals surface area contributed by atoms with Crippen LogP contribution in [0.5, 0.6) is 0 Å². The van der Waals surface area contributed by atoms with Crippen LogP contribution in [0.15, 0.2) is 48.5 Å². The summed E-state index contributed by atoms with van der Waals surface area (Å²) in [5, 5.41) is 6.07. The molecule has 6 heteroatoms. The van der Waals surface area contributed by atoms with E-state index in [2.05, 4.69) is 10.6 Å². The summed E-state index contributed by atoms with van der Waals surface area (Å²) in [5.41, 5.74) is 1.67. The van der Waals surface area contributed by atoms with Gasteiger partial charge in [-0.25, -0.2) is 0 Å². The molecule has 0 radical (unpaired) electrons. The predicted molar refractivity (Wildman–Crippen MR) is 97.7 cm³/mol. The van der Waals surface area contributed by atoms with E-state index < -0.39 is 6.04 Å². The zero-order valence-corrected chi connectivity index (χ0v) is 14.8. The van der Waals surface area contributed by atoms with Gasteiger partial charge in [0.05, 0.1) is 18.2 Å². The van der Waals surface area contributed by atoms with Crippen molar-refractivity contribution in [1.29, 1.82) is 0 Å². The van der Waals surface area contributed by atoms with Gasteiger partial charge in [0.25, 0.3) is 0 Å². The minimum absolute atomic E-state index is 0.0352. The van der Waals surface area contributed by atoms with Crippen LogP contribution in [-0.4, -0.2) is 17.6 Å². The van der Waals surface area contributed by atoms with Gasteiger partial charge in [-0.2, -0.15) is 0 Å². The second kappa shape index (κ2) is 8.44. The Kier molecular flexibility index (Phi) is 6.31. The van der Waals surface area contributed by atoms with Crippen molar-refractivity contribution >= 4 is 34.9 Å². The Labute approximate surface area is 151 Å². The number of anilines is 1. The van der Waals surface area contributed by atoms with Crippen LogP contribution < -0.4 is 10.6 Å². The van der Waals surface area contributed by atoms with Gasteiger partial charge >= 0.3 is 0 Å². The lowest BCUT2D eigenvalue weighted by Gasteiger charge is -2.18. The average Bonchev–Trinajstić information content (AvgIpc) is 2.54. The van der Waals surface area contributed by atoms with E-state index in [0.29, 0.717) is 16.3 Å². The molecule has 25 heavy (non-hydrogen) atoms. The SMILES string of the molecule is CC(=O)NC(CC(=O)Nc1ccccc1C(C)=O)c1ccc(Cl)cc1. The maximum Gasteiger partial charge on any atom is 0.226 e. The average molecular weight is 359 g/mol. The molecule has 130 valence electrons. The summed E-state index contributed by atoms with van der Waals surface area (Å²) in [6.07, 6.45) is 0.0352. The molecular weight excluding hydrogens is 340 g/mol. The lowest BCUT2D eigenvalue weighted by atomic mass is 10.0. The number of carbonyl (C=O) groups excluding carboxylic acids is 3. The highest BCUT2D eigenvalue weighted by Crippen LogP contribution is 2.21. The van der Waals surface area contributed by atoms with E-state index >= 15 is 0 Å². The minimum Gasteiger partial charge on any atom is -0.349 e. The third kappa shape index (κ3) is 5.43. The standard InChI is InChI=1S/C19H19ClN2O3/c1-12(23)16-5-3-4-6-17(16)22-19(25)11-18(21-13(2)24)14-7-9-15(20)10-8-14/h3-10,18H,11H2,1-2H3,(H,21,24)(H,22,25). The number of rotatable bonds is 6. The second-order valence-corrected chi connectivity index (χ2v) is 6.10. The van der Waals surface area contributed by atoms with Crippen LogP contribution in [0.4, 0.5) is 5.69 Å². The summed E-state index contributed by atoms with van der Waals surface area (Å²) in [5.74, 6) is -0.675. The Bertz CT molecular complexity index is 788. The topological polar surface area (TPSA) is 75.3 Å². The molecule has 0 saturated heterocycles. The van der Waals surface area contributed by atoms with Crippen molar-refractivity contribution in [3.63, 3.8) is 0 Å². The first-order valence-electron chi connectivity index (χ1n) is 7.79. The summed E-state index contributed by atoms with van der Waals surface area (Å²) in [6.45, 7) is 2.84. The zero-order chi connectivity index (χ0) is 18.4. The van der Waals surface area contributed by atoms with E-state index in [-0.39, 0.29) is 24.0 Å². The van der Waals surface area contributed by atoms with E-state index in [1.165, 1.54) is 13.8 Å². The molecule has 1 unspecified atom stereocenters. The molecule has 2 rings (SSSR count). The second-order valence-electron chi connectivity index (χ2n) is 5.66. The number of ketones is 1. The van der Waals surface area contributed by atoms with Crippen LogP contribution in [0, 0.1) is 0 Å². The van der Waals surface area contributed by atoms with E-state index in [0.717, 1.165) is 5.56 Å². The van der Waals surface area contributed by atoms with Gasteiger partial charge in [0.1, 0.15) is 0 Å². The number of halogens is 1. The van der Waals surface area contributed by atoms with Crippen molar-refractivity contribution in [2.75, 3.05) is 5.32 Å². The lowest BCUT2D eigenvalue weighted by Crippen LogP contribution is -2.30. The number of Topliss-reactive ketones (excluding diaryl/α,β-unsaturated/α-hetero) is 1.